The summed E-state index contributed by atoms with van der Waals surface area (Å²) >= 11 is 0. The fraction of sp³-hybridized carbons (Fsp3) is 0.0400. The van der Waals surface area contributed by atoms with Crippen molar-refractivity contribution in [1.82, 2.24) is 15.0 Å². The second-order valence-corrected chi connectivity index (χ2v) is 6.83. The third-order valence-corrected chi connectivity index (χ3v) is 5.07. The van der Waals surface area contributed by atoms with Gasteiger partial charge in [-0.15, -0.1) is 5.10 Å². The molecule has 0 aliphatic rings. The van der Waals surface area contributed by atoms with Crippen LogP contribution in [-0.2, 0) is 0 Å². The summed E-state index contributed by atoms with van der Waals surface area (Å²) in [5.74, 6) is 0. The number of hydrogen-bond donors (Lipinski definition) is 0. The van der Waals surface area contributed by atoms with Crippen LogP contribution in [0.15, 0.2) is 109 Å². The van der Waals surface area contributed by atoms with Gasteiger partial charge in [-0.25, -0.2) is 4.68 Å². The van der Waals surface area contributed by atoms with Crippen molar-refractivity contribution in [1.29, 1.82) is 0 Å². The Morgan fingerprint density at radius 3 is 1.93 bits per heavy atom. The molecule has 0 unspecified atom stereocenters. The van der Waals surface area contributed by atoms with Gasteiger partial charge in [0.1, 0.15) is 11.7 Å². The number of benzene rings is 4. The van der Waals surface area contributed by atoms with Crippen molar-refractivity contribution in [3.63, 3.8) is 0 Å². The lowest BCUT2D eigenvalue weighted by Crippen LogP contribution is -2.13. The number of fused-ring (bicyclic) bond motifs is 1. The van der Waals surface area contributed by atoms with Crippen molar-refractivity contribution >= 4 is 10.8 Å². The van der Waals surface area contributed by atoms with E-state index in [2.05, 4.69) is 101 Å². The zero-order valence-corrected chi connectivity index (χ0v) is 15.3. The van der Waals surface area contributed by atoms with E-state index in [1.807, 2.05) is 23.0 Å². The Kier molecular flexibility index (Phi) is 4.19. The lowest BCUT2D eigenvalue weighted by molar-refractivity contribution is 0.571. The maximum Gasteiger partial charge on any atom is 0.113 e. The van der Waals surface area contributed by atoms with Crippen molar-refractivity contribution in [2.24, 2.45) is 0 Å². The summed E-state index contributed by atoms with van der Waals surface area (Å²) in [5, 5.41) is 11.4. The minimum absolute atomic E-state index is 0.0152. The summed E-state index contributed by atoms with van der Waals surface area (Å²) in [7, 11) is 0. The highest BCUT2D eigenvalue weighted by molar-refractivity contribution is 5.95. The first kappa shape index (κ1) is 16.5. The normalized spacial score (nSPS) is 11.2. The topological polar surface area (TPSA) is 30.7 Å². The van der Waals surface area contributed by atoms with Gasteiger partial charge >= 0.3 is 0 Å². The van der Waals surface area contributed by atoms with Crippen LogP contribution in [0.5, 0.6) is 0 Å². The van der Waals surface area contributed by atoms with Gasteiger partial charge < -0.3 is 0 Å². The molecule has 1 heterocycles. The lowest BCUT2D eigenvalue weighted by Gasteiger charge is -2.18. The van der Waals surface area contributed by atoms with Crippen LogP contribution in [0, 0.1) is 0 Å². The predicted octanol–water partition coefficient (Wildman–Crippen LogP) is 5.74. The lowest BCUT2D eigenvalue weighted by atomic mass is 9.99. The molecular weight excluding hydrogens is 342 g/mol. The largest absolute Gasteiger partial charge is 0.240 e. The summed E-state index contributed by atoms with van der Waals surface area (Å²) in [5.41, 5.74) is 4.35. The van der Waals surface area contributed by atoms with Crippen LogP contribution < -0.4 is 0 Å². The first-order valence-corrected chi connectivity index (χ1v) is 9.40. The first-order chi connectivity index (χ1) is 13.9. The molecule has 0 aliphatic heterocycles. The quantitative estimate of drug-likeness (QED) is 0.409. The highest BCUT2D eigenvalue weighted by atomic mass is 15.4. The van der Waals surface area contributed by atoms with E-state index >= 15 is 0 Å². The first-order valence-electron chi connectivity index (χ1n) is 9.40. The van der Waals surface area contributed by atoms with Crippen LogP contribution in [-0.4, -0.2) is 15.0 Å². The van der Waals surface area contributed by atoms with Gasteiger partial charge in [-0.2, -0.15) is 0 Å². The number of nitrogens with zero attached hydrogens (tertiary/aromatic N) is 3. The molecule has 0 saturated heterocycles. The van der Waals surface area contributed by atoms with Gasteiger partial charge in [0.2, 0.25) is 0 Å². The van der Waals surface area contributed by atoms with E-state index in [-0.39, 0.29) is 6.04 Å². The van der Waals surface area contributed by atoms with Gasteiger partial charge in [-0.05, 0) is 21.9 Å². The summed E-state index contributed by atoms with van der Waals surface area (Å²) < 4.78 is 1.96. The SMILES string of the molecule is c1ccc(C(c2ccccc2)n2cc(-c3cccc4ccccc34)nn2)cc1. The van der Waals surface area contributed by atoms with Crippen molar-refractivity contribution in [3.05, 3.63) is 120 Å². The molecular formula is C25H19N3. The van der Waals surface area contributed by atoms with Gasteiger partial charge in [0.05, 0.1) is 6.20 Å². The second kappa shape index (κ2) is 7.12. The van der Waals surface area contributed by atoms with Gasteiger partial charge in [0.15, 0.2) is 0 Å². The molecule has 0 fully saturated rings. The Bertz CT molecular complexity index is 1170. The number of hydrogen-bond acceptors (Lipinski definition) is 2. The molecule has 0 N–H and O–H groups in total. The van der Waals surface area contributed by atoms with E-state index in [0.29, 0.717) is 0 Å². The zero-order valence-electron chi connectivity index (χ0n) is 15.3. The maximum absolute atomic E-state index is 4.52. The predicted molar refractivity (Wildman–Crippen MR) is 113 cm³/mol. The van der Waals surface area contributed by atoms with Crippen molar-refractivity contribution in [3.8, 4) is 11.3 Å². The zero-order chi connectivity index (χ0) is 18.8. The molecule has 0 spiro atoms. The minimum Gasteiger partial charge on any atom is -0.240 e. The number of aromatic nitrogens is 3. The third-order valence-electron chi connectivity index (χ3n) is 5.07. The third kappa shape index (κ3) is 2.97. The molecule has 3 nitrogen and oxygen atoms in total. The highest BCUT2D eigenvalue weighted by Gasteiger charge is 2.18. The van der Waals surface area contributed by atoms with Crippen LogP contribution >= 0.6 is 0 Å². The van der Waals surface area contributed by atoms with Crippen molar-refractivity contribution < 1.29 is 0 Å². The standard InChI is InChI=1S/C25H19N3/c1-3-11-20(12-4-1)25(21-13-5-2-6-14-21)28-18-24(26-27-28)23-17-9-15-19-10-7-8-16-22(19)23/h1-18,25H. The monoisotopic (exact) mass is 361 g/mol. The van der Waals surface area contributed by atoms with E-state index in [1.165, 1.54) is 21.9 Å². The molecule has 0 saturated carbocycles. The Balaban J connectivity index is 1.63. The van der Waals surface area contributed by atoms with E-state index in [9.17, 15) is 0 Å². The smallest absolute Gasteiger partial charge is 0.113 e. The fourth-order valence-electron chi connectivity index (χ4n) is 3.74. The molecule has 0 aliphatic carbocycles. The van der Waals surface area contributed by atoms with Gasteiger partial charge in [0.25, 0.3) is 0 Å². The van der Waals surface area contributed by atoms with Crippen LogP contribution in [0.4, 0.5) is 0 Å². The summed E-state index contributed by atoms with van der Waals surface area (Å²) in [6.07, 6.45) is 2.05. The fourth-order valence-corrected chi connectivity index (χ4v) is 3.74. The van der Waals surface area contributed by atoms with Crippen LogP contribution in [0.25, 0.3) is 22.0 Å². The summed E-state index contributed by atoms with van der Waals surface area (Å²) in [6, 6.07) is 35.5. The Hall–Kier alpha value is -3.72. The summed E-state index contributed by atoms with van der Waals surface area (Å²) in [6.45, 7) is 0. The molecule has 4 aromatic carbocycles. The average Bonchev–Trinajstić information content (AvgIpc) is 3.24. The Morgan fingerprint density at radius 1 is 0.607 bits per heavy atom. The van der Waals surface area contributed by atoms with Crippen molar-refractivity contribution in [2.45, 2.75) is 6.04 Å². The molecule has 3 heteroatoms. The highest BCUT2D eigenvalue weighted by Crippen LogP contribution is 2.30. The molecule has 0 amide bonds. The van der Waals surface area contributed by atoms with E-state index in [4.69, 9.17) is 0 Å². The molecule has 0 radical (unpaired) electrons. The molecule has 5 aromatic rings. The van der Waals surface area contributed by atoms with Gasteiger partial charge in [-0.1, -0.05) is 108 Å². The van der Waals surface area contributed by atoms with Crippen LogP contribution in [0.1, 0.15) is 17.2 Å². The molecule has 134 valence electrons. The molecule has 0 bridgehead atoms. The second-order valence-electron chi connectivity index (χ2n) is 6.83. The Labute approximate surface area is 163 Å². The molecule has 28 heavy (non-hydrogen) atoms. The van der Waals surface area contributed by atoms with E-state index < -0.39 is 0 Å². The Morgan fingerprint density at radius 2 is 1.21 bits per heavy atom. The molecule has 0 atom stereocenters. The van der Waals surface area contributed by atoms with Gasteiger partial charge in [0, 0.05) is 5.56 Å². The molecule has 1 aromatic heterocycles. The summed E-state index contributed by atoms with van der Waals surface area (Å²) in [4.78, 5) is 0. The average molecular weight is 361 g/mol. The minimum atomic E-state index is -0.0152. The van der Waals surface area contributed by atoms with Crippen LogP contribution in [0.3, 0.4) is 0 Å². The molecule has 5 rings (SSSR count). The number of rotatable bonds is 4. The van der Waals surface area contributed by atoms with E-state index in [1.54, 1.807) is 0 Å². The van der Waals surface area contributed by atoms with Gasteiger partial charge in [-0.3, -0.25) is 0 Å². The van der Waals surface area contributed by atoms with Crippen molar-refractivity contribution in [2.75, 3.05) is 0 Å². The van der Waals surface area contributed by atoms with Crippen LogP contribution in [0.2, 0.25) is 0 Å². The van der Waals surface area contributed by atoms with E-state index in [0.717, 1.165) is 11.3 Å². The maximum atomic E-state index is 4.52.